The summed E-state index contributed by atoms with van der Waals surface area (Å²) < 4.78 is 0. The van der Waals surface area contributed by atoms with Crippen molar-refractivity contribution in [1.29, 1.82) is 0 Å². The van der Waals surface area contributed by atoms with Crippen LogP contribution >= 0.6 is 11.6 Å². The van der Waals surface area contributed by atoms with Crippen LogP contribution in [-0.2, 0) is 16.8 Å². The van der Waals surface area contributed by atoms with Gasteiger partial charge >= 0.3 is 0 Å². The van der Waals surface area contributed by atoms with Gasteiger partial charge in [-0.05, 0) is 40.3 Å². The van der Waals surface area contributed by atoms with Crippen molar-refractivity contribution in [2.45, 2.75) is 32.7 Å². The van der Waals surface area contributed by atoms with Crippen molar-refractivity contribution >= 4 is 23.6 Å². The summed E-state index contributed by atoms with van der Waals surface area (Å²) in [5.74, 6) is -0.0233. The molecule has 0 fully saturated rings. The van der Waals surface area contributed by atoms with Gasteiger partial charge in [-0.3, -0.25) is 4.79 Å². The highest BCUT2D eigenvalue weighted by Gasteiger charge is 2.12. The van der Waals surface area contributed by atoms with Gasteiger partial charge in [-0.2, -0.15) is 0 Å². The zero-order valence-corrected chi connectivity index (χ0v) is 15.5. The van der Waals surface area contributed by atoms with E-state index in [4.69, 9.17) is 11.6 Å². The Labute approximate surface area is 149 Å². The molecule has 0 aliphatic rings. The molecular weight excluding hydrogens is 318 g/mol. The smallest absolute Gasteiger partial charge is 0.246 e. The molecule has 2 aromatic carbocycles. The standard InChI is InChI=1S/C21H24ClNO/c1-21(2,3)18-10-5-16(6-11-18)9-14-20(24)23(4)15-17-7-12-19(22)13-8-17/h5-14H,15H2,1-4H3/b14-9+. The molecule has 0 N–H and O–H groups in total. The summed E-state index contributed by atoms with van der Waals surface area (Å²) >= 11 is 5.88. The summed E-state index contributed by atoms with van der Waals surface area (Å²) in [5, 5.41) is 0.700. The van der Waals surface area contributed by atoms with Crippen molar-refractivity contribution in [1.82, 2.24) is 4.90 Å². The molecule has 0 unspecified atom stereocenters. The van der Waals surface area contributed by atoms with Gasteiger partial charge in [-0.1, -0.05) is 68.8 Å². The average Bonchev–Trinajstić information content (AvgIpc) is 2.54. The summed E-state index contributed by atoms with van der Waals surface area (Å²) in [6.07, 6.45) is 3.47. The first-order valence-electron chi connectivity index (χ1n) is 8.04. The Morgan fingerprint density at radius 1 is 1.04 bits per heavy atom. The molecule has 0 aromatic heterocycles. The van der Waals surface area contributed by atoms with E-state index in [9.17, 15) is 4.79 Å². The summed E-state index contributed by atoms with van der Waals surface area (Å²) in [5.41, 5.74) is 3.50. The number of hydrogen-bond donors (Lipinski definition) is 0. The number of carbonyl (C=O) groups excluding carboxylic acids is 1. The Kier molecular flexibility index (Phi) is 5.84. The lowest BCUT2D eigenvalue weighted by Crippen LogP contribution is -2.24. The number of nitrogens with zero attached hydrogens (tertiary/aromatic N) is 1. The van der Waals surface area contributed by atoms with E-state index >= 15 is 0 Å². The van der Waals surface area contributed by atoms with Crippen LogP contribution in [0.1, 0.15) is 37.5 Å². The molecule has 0 saturated carbocycles. The van der Waals surface area contributed by atoms with Crippen molar-refractivity contribution in [3.05, 3.63) is 76.3 Å². The average molecular weight is 342 g/mol. The topological polar surface area (TPSA) is 20.3 Å². The van der Waals surface area contributed by atoms with Crippen molar-refractivity contribution < 1.29 is 4.79 Å². The van der Waals surface area contributed by atoms with Crippen LogP contribution in [0.3, 0.4) is 0 Å². The number of halogens is 1. The molecule has 0 aliphatic carbocycles. The SMILES string of the molecule is CN(Cc1ccc(Cl)cc1)C(=O)/C=C/c1ccc(C(C)(C)C)cc1. The van der Waals surface area contributed by atoms with E-state index in [0.717, 1.165) is 11.1 Å². The monoisotopic (exact) mass is 341 g/mol. The first kappa shape index (κ1) is 18.3. The molecule has 0 radical (unpaired) electrons. The van der Waals surface area contributed by atoms with Crippen LogP contribution in [0.25, 0.3) is 6.08 Å². The highest BCUT2D eigenvalue weighted by atomic mass is 35.5. The Balaban J connectivity index is 1.97. The maximum atomic E-state index is 12.2. The van der Waals surface area contributed by atoms with Gasteiger partial charge in [-0.15, -0.1) is 0 Å². The van der Waals surface area contributed by atoms with Gasteiger partial charge in [0.15, 0.2) is 0 Å². The molecule has 3 heteroatoms. The maximum Gasteiger partial charge on any atom is 0.246 e. The predicted octanol–water partition coefficient (Wildman–Crippen LogP) is 5.31. The van der Waals surface area contributed by atoms with Crippen LogP contribution in [0.5, 0.6) is 0 Å². The Bertz CT molecular complexity index is 709. The van der Waals surface area contributed by atoms with Crippen LogP contribution in [-0.4, -0.2) is 17.9 Å². The Morgan fingerprint density at radius 2 is 1.62 bits per heavy atom. The summed E-state index contributed by atoms with van der Waals surface area (Å²) in [7, 11) is 1.80. The van der Waals surface area contributed by atoms with Crippen LogP contribution < -0.4 is 0 Å². The lowest BCUT2D eigenvalue weighted by Gasteiger charge is -2.18. The first-order chi connectivity index (χ1) is 11.3. The fourth-order valence-electron chi connectivity index (χ4n) is 2.33. The zero-order valence-electron chi connectivity index (χ0n) is 14.7. The fourth-order valence-corrected chi connectivity index (χ4v) is 2.46. The van der Waals surface area contributed by atoms with E-state index < -0.39 is 0 Å². The second-order valence-corrected chi connectivity index (χ2v) is 7.46. The summed E-state index contributed by atoms with van der Waals surface area (Å²) in [6.45, 7) is 7.12. The Morgan fingerprint density at radius 3 is 2.17 bits per heavy atom. The van der Waals surface area contributed by atoms with E-state index in [-0.39, 0.29) is 11.3 Å². The molecule has 2 rings (SSSR count). The molecule has 2 aromatic rings. The van der Waals surface area contributed by atoms with Gasteiger partial charge in [0.1, 0.15) is 0 Å². The van der Waals surface area contributed by atoms with E-state index in [1.165, 1.54) is 5.56 Å². The molecule has 2 nitrogen and oxygen atoms in total. The van der Waals surface area contributed by atoms with Gasteiger partial charge < -0.3 is 4.90 Å². The molecule has 126 valence electrons. The van der Waals surface area contributed by atoms with E-state index in [0.29, 0.717) is 11.6 Å². The van der Waals surface area contributed by atoms with Crippen LogP contribution in [0.4, 0.5) is 0 Å². The molecule has 0 bridgehead atoms. The van der Waals surface area contributed by atoms with E-state index in [1.807, 2.05) is 42.5 Å². The zero-order chi connectivity index (χ0) is 17.7. The van der Waals surface area contributed by atoms with Gasteiger partial charge in [0.25, 0.3) is 0 Å². The van der Waals surface area contributed by atoms with Gasteiger partial charge in [-0.25, -0.2) is 0 Å². The highest BCUT2D eigenvalue weighted by Crippen LogP contribution is 2.22. The first-order valence-corrected chi connectivity index (χ1v) is 8.42. The third-order valence-corrected chi connectivity index (χ3v) is 4.16. The van der Waals surface area contributed by atoms with Crippen LogP contribution in [0.15, 0.2) is 54.6 Å². The van der Waals surface area contributed by atoms with Gasteiger partial charge in [0.2, 0.25) is 5.91 Å². The molecule has 0 atom stereocenters. The minimum atomic E-state index is -0.0233. The van der Waals surface area contributed by atoms with Crippen molar-refractivity contribution in [3.63, 3.8) is 0 Å². The van der Waals surface area contributed by atoms with Crippen molar-refractivity contribution in [2.75, 3.05) is 7.05 Å². The second-order valence-electron chi connectivity index (χ2n) is 7.03. The lowest BCUT2D eigenvalue weighted by atomic mass is 9.87. The minimum absolute atomic E-state index is 0.0233. The second kappa shape index (κ2) is 7.67. The van der Waals surface area contributed by atoms with Crippen LogP contribution in [0.2, 0.25) is 5.02 Å². The van der Waals surface area contributed by atoms with E-state index in [2.05, 4.69) is 32.9 Å². The number of benzene rings is 2. The summed E-state index contributed by atoms with van der Waals surface area (Å²) in [6, 6.07) is 15.8. The fraction of sp³-hybridized carbons (Fsp3) is 0.286. The van der Waals surface area contributed by atoms with Gasteiger partial charge in [0, 0.05) is 24.7 Å². The minimum Gasteiger partial charge on any atom is -0.338 e. The van der Waals surface area contributed by atoms with Crippen molar-refractivity contribution in [2.24, 2.45) is 0 Å². The maximum absolute atomic E-state index is 12.2. The molecule has 1 amide bonds. The predicted molar refractivity (Wildman–Crippen MR) is 102 cm³/mol. The number of hydrogen-bond acceptors (Lipinski definition) is 1. The quantitative estimate of drug-likeness (QED) is 0.690. The third kappa shape index (κ3) is 5.24. The number of amides is 1. The number of carbonyl (C=O) groups is 1. The number of rotatable bonds is 4. The molecule has 0 spiro atoms. The molecule has 0 heterocycles. The van der Waals surface area contributed by atoms with E-state index in [1.54, 1.807) is 18.0 Å². The normalized spacial score (nSPS) is 11.7. The highest BCUT2D eigenvalue weighted by molar-refractivity contribution is 6.30. The Hall–Kier alpha value is -2.06. The molecule has 24 heavy (non-hydrogen) atoms. The molecular formula is C21H24ClNO. The molecule has 0 saturated heterocycles. The largest absolute Gasteiger partial charge is 0.338 e. The third-order valence-electron chi connectivity index (χ3n) is 3.90. The van der Waals surface area contributed by atoms with Gasteiger partial charge in [0.05, 0.1) is 0 Å². The van der Waals surface area contributed by atoms with Crippen LogP contribution in [0, 0.1) is 0 Å². The van der Waals surface area contributed by atoms with Crippen molar-refractivity contribution in [3.8, 4) is 0 Å². The number of likely N-dealkylation sites (N-methyl/N-ethyl adjacent to an activating group) is 1. The molecule has 0 aliphatic heterocycles. The lowest BCUT2D eigenvalue weighted by molar-refractivity contribution is -0.125. The summed E-state index contributed by atoms with van der Waals surface area (Å²) in [4.78, 5) is 13.9.